The molecule has 0 radical (unpaired) electrons. The summed E-state index contributed by atoms with van der Waals surface area (Å²) in [6, 6.07) is 6.65. The van der Waals surface area contributed by atoms with E-state index in [1.165, 1.54) is 5.56 Å². The summed E-state index contributed by atoms with van der Waals surface area (Å²) in [5.74, 6) is 0.976. The summed E-state index contributed by atoms with van der Waals surface area (Å²) in [6.45, 7) is 1.31. The fourth-order valence-corrected chi connectivity index (χ4v) is 2.66. The van der Waals surface area contributed by atoms with Crippen LogP contribution in [0.25, 0.3) is 0 Å². The lowest BCUT2D eigenvalue weighted by Gasteiger charge is -2.22. The number of hydrogen-bond acceptors (Lipinski definition) is 3. The van der Waals surface area contributed by atoms with Crippen LogP contribution in [0.15, 0.2) is 41.7 Å². The molecular formula is C19H27F2N5O. The summed E-state index contributed by atoms with van der Waals surface area (Å²) in [4.78, 5) is 6.68. The molecule has 0 saturated carbocycles. The second kappa shape index (κ2) is 10.5. The van der Waals surface area contributed by atoms with Crippen LogP contribution >= 0.6 is 0 Å². The number of hydrogen-bond donors (Lipinski definition) is 1. The van der Waals surface area contributed by atoms with E-state index in [0.717, 1.165) is 30.9 Å². The Morgan fingerprint density at radius 3 is 2.63 bits per heavy atom. The Morgan fingerprint density at radius 1 is 1.30 bits per heavy atom. The molecule has 27 heavy (non-hydrogen) atoms. The lowest BCUT2D eigenvalue weighted by Crippen LogP contribution is -2.38. The number of aryl methyl sites for hydroxylation is 2. The molecule has 0 saturated heterocycles. The minimum absolute atomic E-state index is 0.160. The van der Waals surface area contributed by atoms with Crippen LogP contribution < -0.4 is 10.1 Å². The van der Waals surface area contributed by atoms with Crippen molar-refractivity contribution < 1.29 is 13.5 Å². The van der Waals surface area contributed by atoms with Gasteiger partial charge in [-0.05, 0) is 43.0 Å². The van der Waals surface area contributed by atoms with Gasteiger partial charge in [0.15, 0.2) is 5.96 Å². The van der Waals surface area contributed by atoms with Gasteiger partial charge in [-0.15, -0.1) is 0 Å². The van der Waals surface area contributed by atoms with Crippen molar-refractivity contribution in [1.82, 2.24) is 20.0 Å². The van der Waals surface area contributed by atoms with Gasteiger partial charge in [0.2, 0.25) is 0 Å². The van der Waals surface area contributed by atoms with Crippen molar-refractivity contribution in [3.05, 3.63) is 47.8 Å². The van der Waals surface area contributed by atoms with Crippen LogP contribution in [0.2, 0.25) is 0 Å². The lowest BCUT2D eigenvalue weighted by atomic mass is 10.2. The highest BCUT2D eigenvalue weighted by molar-refractivity contribution is 5.79. The zero-order valence-electron chi connectivity index (χ0n) is 16.0. The van der Waals surface area contributed by atoms with Crippen LogP contribution in [0, 0.1) is 0 Å². The molecule has 1 aromatic heterocycles. The van der Waals surface area contributed by atoms with Crippen LogP contribution in [0.1, 0.15) is 24.5 Å². The molecule has 2 rings (SSSR count). The molecule has 1 heterocycles. The van der Waals surface area contributed by atoms with E-state index in [-0.39, 0.29) is 5.75 Å². The average molecular weight is 379 g/mol. The van der Waals surface area contributed by atoms with E-state index in [9.17, 15) is 8.78 Å². The van der Waals surface area contributed by atoms with E-state index in [4.69, 9.17) is 0 Å². The number of benzene rings is 1. The van der Waals surface area contributed by atoms with Crippen LogP contribution in [-0.2, 0) is 20.0 Å². The van der Waals surface area contributed by atoms with Gasteiger partial charge < -0.3 is 15.0 Å². The fourth-order valence-electron chi connectivity index (χ4n) is 2.66. The molecule has 8 heteroatoms. The lowest BCUT2D eigenvalue weighted by molar-refractivity contribution is -0.0498. The van der Waals surface area contributed by atoms with Gasteiger partial charge in [-0.1, -0.05) is 12.1 Å². The Labute approximate surface area is 158 Å². The Kier molecular flexibility index (Phi) is 8.03. The number of nitrogens with one attached hydrogen (secondary N) is 1. The smallest absolute Gasteiger partial charge is 0.387 e. The van der Waals surface area contributed by atoms with Crippen LogP contribution in [0.5, 0.6) is 5.75 Å². The molecule has 0 aliphatic heterocycles. The number of halogens is 2. The molecule has 6 nitrogen and oxygen atoms in total. The summed E-state index contributed by atoms with van der Waals surface area (Å²) in [5, 5.41) is 7.45. The molecular weight excluding hydrogens is 352 g/mol. The highest BCUT2D eigenvalue weighted by Gasteiger charge is 2.08. The fraction of sp³-hybridized carbons (Fsp3) is 0.474. The van der Waals surface area contributed by atoms with Gasteiger partial charge in [-0.3, -0.25) is 9.67 Å². The van der Waals surface area contributed by atoms with E-state index >= 15 is 0 Å². The van der Waals surface area contributed by atoms with Crippen molar-refractivity contribution in [2.45, 2.75) is 32.9 Å². The van der Waals surface area contributed by atoms with Crippen molar-refractivity contribution in [2.24, 2.45) is 12.0 Å². The third-order valence-corrected chi connectivity index (χ3v) is 3.91. The first-order valence-electron chi connectivity index (χ1n) is 8.98. The number of rotatable bonds is 9. The minimum Gasteiger partial charge on any atom is -0.435 e. The van der Waals surface area contributed by atoms with E-state index in [2.05, 4.69) is 20.1 Å². The first-order chi connectivity index (χ1) is 13.0. The highest BCUT2D eigenvalue weighted by atomic mass is 19.3. The van der Waals surface area contributed by atoms with Crippen LogP contribution in [0.3, 0.4) is 0 Å². The van der Waals surface area contributed by atoms with Gasteiger partial charge in [-0.2, -0.15) is 13.9 Å². The van der Waals surface area contributed by atoms with Crippen LogP contribution in [0.4, 0.5) is 8.78 Å². The number of ether oxygens (including phenoxy) is 1. The second-order valence-corrected chi connectivity index (χ2v) is 6.24. The number of guanidine groups is 1. The van der Waals surface area contributed by atoms with E-state index in [1.807, 2.05) is 38.3 Å². The predicted octanol–water partition coefficient (Wildman–Crippen LogP) is 3.05. The first kappa shape index (κ1) is 20.7. The summed E-state index contributed by atoms with van der Waals surface area (Å²) in [5.41, 5.74) is 2.19. The predicted molar refractivity (Wildman–Crippen MR) is 102 cm³/mol. The van der Waals surface area contributed by atoms with E-state index in [1.54, 1.807) is 28.9 Å². The first-order valence-corrected chi connectivity index (χ1v) is 8.98. The molecule has 0 aliphatic carbocycles. The monoisotopic (exact) mass is 379 g/mol. The molecule has 0 spiro atoms. The number of alkyl halides is 2. The van der Waals surface area contributed by atoms with Crippen molar-refractivity contribution in [1.29, 1.82) is 0 Å². The Bertz CT molecular complexity index is 715. The normalized spacial score (nSPS) is 11.7. The Balaban J connectivity index is 1.87. The van der Waals surface area contributed by atoms with Crippen molar-refractivity contribution in [3.63, 3.8) is 0 Å². The average Bonchev–Trinajstić information content (AvgIpc) is 3.04. The number of nitrogens with zero attached hydrogens (tertiary/aromatic N) is 4. The third kappa shape index (κ3) is 7.24. The summed E-state index contributed by atoms with van der Waals surface area (Å²) in [7, 11) is 3.86. The Hall–Kier alpha value is -2.64. The molecule has 2 aromatic rings. The minimum atomic E-state index is -2.81. The van der Waals surface area contributed by atoms with Crippen LogP contribution in [-0.4, -0.2) is 47.4 Å². The van der Waals surface area contributed by atoms with Gasteiger partial charge in [-0.25, -0.2) is 0 Å². The van der Waals surface area contributed by atoms with E-state index in [0.29, 0.717) is 13.1 Å². The zero-order chi connectivity index (χ0) is 19.6. The van der Waals surface area contributed by atoms with Gasteiger partial charge >= 0.3 is 6.61 Å². The molecule has 0 bridgehead atoms. The molecule has 148 valence electrons. The Morgan fingerprint density at radius 2 is 2.04 bits per heavy atom. The third-order valence-electron chi connectivity index (χ3n) is 3.91. The van der Waals surface area contributed by atoms with Gasteiger partial charge in [0.05, 0.1) is 6.20 Å². The second-order valence-electron chi connectivity index (χ2n) is 6.24. The quantitative estimate of drug-likeness (QED) is 0.413. The summed E-state index contributed by atoms with van der Waals surface area (Å²) >= 11 is 0. The van der Waals surface area contributed by atoms with Gasteiger partial charge in [0, 0.05) is 39.9 Å². The molecule has 0 aliphatic rings. The van der Waals surface area contributed by atoms with E-state index < -0.39 is 6.61 Å². The topological polar surface area (TPSA) is 54.7 Å². The molecule has 1 aromatic carbocycles. The van der Waals surface area contributed by atoms with Gasteiger partial charge in [0.1, 0.15) is 5.75 Å². The summed E-state index contributed by atoms with van der Waals surface area (Å²) in [6.07, 6.45) is 5.77. The summed E-state index contributed by atoms with van der Waals surface area (Å²) < 4.78 is 30.6. The van der Waals surface area contributed by atoms with Crippen molar-refractivity contribution in [3.8, 4) is 5.75 Å². The number of aliphatic imine (C=N–C) groups is 1. The molecule has 0 unspecified atom stereocenters. The largest absolute Gasteiger partial charge is 0.435 e. The zero-order valence-corrected chi connectivity index (χ0v) is 16.0. The SMILES string of the molecule is CCNC(=NCCCc1cnn(C)c1)N(C)Cc1ccc(OC(F)F)cc1. The van der Waals surface area contributed by atoms with Crippen molar-refractivity contribution in [2.75, 3.05) is 20.1 Å². The molecule has 0 atom stereocenters. The maximum absolute atomic E-state index is 12.2. The maximum Gasteiger partial charge on any atom is 0.387 e. The van der Waals surface area contributed by atoms with Crippen molar-refractivity contribution >= 4 is 5.96 Å². The van der Waals surface area contributed by atoms with Gasteiger partial charge in [0.25, 0.3) is 0 Å². The molecule has 0 amide bonds. The molecule has 1 N–H and O–H groups in total. The highest BCUT2D eigenvalue weighted by Crippen LogP contribution is 2.15. The standard InChI is InChI=1S/C19H27F2N5O/c1-4-22-19(23-11-5-6-16-12-24-26(3)14-16)25(2)13-15-7-9-17(10-8-15)27-18(20)21/h7-10,12,14,18H,4-6,11,13H2,1-3H3,(H,22,23). The number of aromatic nitrogens is 2. The maximum atomic E-state index is 12.2. The molecule has 0 fully saturated rings.